The Bertz CT molecular complexity index is 1390. The molecule has 2 aromatic heterocycles. The molecule has 0 amide bonds. The van der Waals surface area contributed by atoms with Gasteiger partial charge in [-0.3, -0.25) is 9.59 Å². The highest BCUT2D eigenvalue weighted by Crippen LogP contribution is 2.33. The molecular weight excluding hydrogens is 463 g/mol. The topological polar surface area (TPSA) is 67.8 Å². The molecule has 0 atom stereocenters. The van der Waals surface area contributed by atoms with Gasteiger partial charge in [0.25, 0.3) is 0 Å². The van der Waals surface area contributed by atoms with Crippen molar-refractivity contribution in [3.05, 3.63) is 82.2 Å². The highest BCUT2D eigenvalue weighted by atomic mass is 32.2. The summed E-state index contributed by atoms with van der Waals surface area (Å²) in [5, 5.41) is 0.444. The van der Waals surface area contributed by atoms with E-state index in [0.29, 0.717) is 39.7 Å². The van der Waals surface area contributed by atoms with Crippen molar-refractivity contribution in [3.8, 4) is 0 Å². The van der Waals surface area contributed by atoms with Crippen molar-refractivity contribution in [1.29, 1.82) is 0 Å². The maximum atomic E-state index is 13.2. The van der Waals surface area contributed by atoms with Crippen LogP contribution < -0.4 is 0 Å². The van der Waals surface area contributed by atoms with Gasteiger partial charge in [0.2, 0.25) is 0 Å². The molecule has 0 unspecified atom stereocenters. The normalized spacial score (nSPS) is 11.8. The smallest absolute Gasteiger partial charge is 0.355 e. The quantitative estimate of drug-likeness (QED) is 0.249. The van der Waals surface area contributed by atoms with Gasteiger partial charge in [0.15, 0.2) is 16.7 Å². The number of nitrogens with one attached hydrogen (secondary N) is 1. The second-order valence-electron chi connectivity index (χ2n) is 8.06. The van der Waals surface area contributed by atoms with Crippen LogP contribution in [0.4, 0.5) is 13.2 Å². The number of aromatic nitrogens is 3. The molecule has 176 valence electrons. The number of ketones is 2. The van der Waals surface area contributed by atoms with E-state index in [1.807, 2.05) is 34.9 Å². The lowest BCUT2D eigenvalue weighted by atomic mass is 10.1. The lowest BCUT2D eigenvalue weighted by Crippen LogP contribution is -2.08. The van der Waals surface area contributed by atoms with E-state index in [1.54, 1.807) is 13.8 Å². The van der Waals surface area contributed by atoms with Gasteiger partial charge in [-0.1, -0.05) is 42.1 Å². The average Bonchev–Trinajstić information content (AvgIpc) is 3.28. The maximum Gasteiger partial charge on any atom is 0.416 e. The van der Waals surface area contributed by atoms with Gasteiger partial charge >= 0.3 is 6.18 Å². The molecule has 0 fully saturated rings. The number of nitrogens with zero attached hydrogens (tertiary/aromatic N) is 2. The summed E-state index contributed by atoms with van der Waals surface area (Å²) < 4.78 is 41.5. The van der Waals surface area contributed by atoms with Crippen LogP contribution in [0.2, 0.25) is 0 Å². The number of aromatic amines is 1. The lowest BCUT2D eigenvalue weighted by molar-refractivity contribution is -0.137. The zero-order valence-electron chi connectivity index (χ0n) is 18.8. The number of fused-ring (bicyclic) bond motifs is 1. The minimum Gasteiger partial charge on any atom is -0.355 e. The van der Waals surface area contributed by atoms with Crippen LogP contribution in [0.3, 0.4) is 0 Å². The number of imidazole rings is 1. The molecule has 0 saturated heterocycles. The number of carbonyl (C=O) groups excluding carboxylic acids is 2. The molecule has 4 rings (SSSR count). The number of carbonyl (C=O) groups is 2. The van der Waals surface area contributed by atoms with Crippen LogP contribution in [0, 0.1) is 13.8 Å². The van der Waals surface area contributed by atoms with Crippen molar-refractivity contribution in [1.82, 2.24) is 14.5 Å². The van der Waals surface area contributed by atoms with E-state index in [0.717, 1.165) is 29.5 Å². The number of thioether (sulfide) groups is 1. The fraction of sp³-hybridized carbons (Fsp3) is 0.240. The minimum atomic E-state index is -4.47. The van der Waals surface area contributed by atoms with E-state index in [1.165, 1.54) is 13.0 Å². The van der Waals surface area contributed by atoms with E-state index < -0.39 is 11.7 Å². The van der Waals surface area contributed by atoms with Gasteiger partial charge < -0.3 is 9.55 Å². The van der Waals surface area contributed by atoms with Crippen LogP contribution in [-0.2, 0) is 12.7 Å². The summed E-state index contributed by atoms with van der Waals surface area (Å²) in [6.07, 6.45) is -4.47. The summed E-state index contributed by atoms with van der Waals surface area (Å²) in [7, 11) is 0. The van der Waals surface area contributed by atoms with Gasteiger partial charge in [-0.05, 0) is 50.1 Å². The van der Waals surface area contributed by atoms with Crippen LogP contribution >= 0.6 is 11.8 Å². The van der Waals surface area contributed by atoms with E-state index in [-0.39, 0.29) is 22.8 Å². The highest BCUT2D eigenvalue weighted by molar-refractivity contribution is 7.99. The Kier molecular flexibility index (Phi) is 6.40. The number of rotatable bonds is 7. The molecule has 0 bridgehead atoms. The Morgan fingerprint density at radius 1 is 1.09 bits per heavy atom. The molecule has 4 aromatic rings. The first kappa shape index (κ1) is 23.8. The molecule has 0 radical (unpaired) electrons. The second-order valence-corrected chi connectivity index (χ2v) is 9.00. The Balaban J connectivity index is 1.68. The number of hydrogen-bond acceptors (Lipinski definition) is 4. The molecule has 2 heterocycles. The van der Waals surface area contributed by atoms with Crippen molar-refractivity contribution in [2.75, 3.05) is 5.75 Å². The van der Waals surface area contributed by atoms with E-state index in [2.05, 4.69) is 9.97 Å². The lowest BCUT2D eigenvalue weighted by Gasteiger charge is -2.10. The Hall–Kier alpha value is -3.33. The third-order valence-electron chi connectivity index (χ3n) is 5.62. The maximum absolute atomic E-state index is 13.2. The van der Waals surface area contributed by atoms with Gasteiger partial charge in [0.1, 0.15) is 0 Å². The van der Waals surface area contributed by atoms with Crippen molar-refractivity contribution in [2.24, 2.45) is 0 Å². The number of halogens is 3. The zero-order chi connectivity index (χ0) is 24.6. The zero-order valence-corrected chi connectivity index (χ0v) is 19.6. The molecule has 5 nitrogen and oxygen atoms in total. The number of aryl methyl sites for hydroxylation is 1. The Morgan fingerprint density at radius 3 is 2.41 bits per heavy atom. The van der Waals surface area contributed by atoms with Gasteiger partial charge in [0, 0.05) is 11.3 Å². The molecule has 34 heavy (non-hydrogen) atoms. The fourth-order valence-corrected chi connectivity index (χ4v) is 4.96. The first-order chi connectivity index (χ1) is 16.1. The number of benzene rings is 2. The first-order valence-corrected chi connectivity index (χ1v) is 11.5. The fourth-order valence-electron chi connectivity index (χ4n) is 4.07. The van der Waals surface area contributed by atoms with E-state index in [9.17, 15) is 22.8 Å². The number of hydrogen-bond donors (Lipinski definition) is 1. The summed E-state index contributed by atoms with van der Waals surface area (Å²) in [5.41, 5.74) is 3.05. The van der Waals surface area contributed by atoms with Gasteiger partial charge in [0.05, 0.1) is 34.6 Å². The Labute approximate surface area is 198 Å². The summed E-state index contributed by atoms with van der Waals surface area (Å²) in [6, 6.07) is 13.0. The first-order valence-electron chi connectivity index (χ1n) is 10.5. The predicted molar refractivity (Wildman–Crippen MR) is 126 cm³/mol. The van der Waals surface area contributed by atoms with E-state index >= 15 is 0 Å². The standard InChI is InChI=1S/C25H22F3N3O2S/c1-14-22(16(3)32)15(2)29-23(14)21(33)13-34-24-30-19-11-18(25(26,27)28)9-10-20(19)31(24)12-17-7-5-4-6-8-17/h4-11,29H,12-13H2,1-3H3. The molecule has 0 aliphatic heterocycles. The van der Waals surface area contributed by atoms with Gasteiger partial charge in [-0.2, -0.15) is 13.2 Å². The highest BCUT2D eigenvalue weighted by Gasteiger charge is 2.31. The SMILES string of the molecule is CC(=O)c1c(C)[nH]c(C(=O)CSc2nc3cc(C(F)(F)F)ccc3n2Cc2ccccc2)c1C. The second kappa shape index (κ2) is 9.13. The summed E-state index contributed by atoms with van der Waals surface area (Å²) in [4.78, 5) is 32.3. The van der Waals surface area contributed by atoms with Crippen LogP contribution in [0.15, 0.2) is 53.7 Å². The number of Topliss-reactive ketones (excluding diaryl/α,β-unsaturated/α-hetero) is 2. The number of alkyl halides is 3. The van der Waals surface area contributed by atoms with Crippen LogP contribution in [0.5, 0.6) is 0 Å². The Morgan fingerprint density at radius 2 is 1.79 bits per heavy atom. The summed E-state index contributed by atoms with van der Waals surface area (Å²) in [5.74, 6) is -0.321. The van der Waals surface area contributed by atoms with Gasteiger partial charge in [-0.15, -0.1) is 0 Å². The van der Waals surface area contributed by atoms with Crippen LogP contribution in [-0.4, -0.2) is 31.9 Å². The van der Waals surface area contributed by atoms with Crippen molar-refractivity contribution >= 4 is 34.4 Å². The summed E-state index contributed by atoms with van der Waals surface area (Å²) >= 11 is 1.16. The molecule has 9 heteroatoms. The van der Waals surface area contributed by atoms with Crippen LogP contribution in [0.1, 0.15) is 50.2 Å². The molecule has 0 spiro atoms. The minimum absolute atomic E-state index is 0.0162. The predicted octanol–water partition coefficient (Wildman–Crippen LogP) is 6.23. The molecule has 0 aliphatic carbocycles. The molecule has 2 aromatic carbocycles. The summed E-state index contributed by atoms with van der Waals surface area (Å²) in [6.45, 7) is 5.31. The van der Waals surface area contributed by atoms with Crippen molar-refractivity contribution in [2.45, 2.75) is 38.6 Å². The molecular formula is C25H22F3N3O2S. The number of H-pyrrole nitrogens is 1. The average molecular weight is 486 g/mol. The van der Waals surface area contributed by atoms with Gasteiger partial charge in [-0.25, -0.2) is 4.98 Å². The largest absolute Gasteiger partial charge is 0.416 e. The molecule has 0 aliphatic rings. The third-order valence-corrected chi connectivity index (χ3v) is 6.60. The molecule has 0 saturated carbocycles. The third kappa shape index (κ3) is 4.65. The van der Waals surface area contributed by atoms with Crippen molar-refractivity contribution < 1.29 is 22.8 Å². The van der Waals surface area contributed by atoms with Crippen molar-refractivity contribution in [3.63, 3.8) is 0 Å². The monoisotopic (exact) mass is 485 g/mol. The van der Waals surface area contributed by atoms with Crippen LogP contribution in [0.25, 0.3) is 11.0 Å². The molecule has 1 N–H and O–H groups in total. The van der Waals surface area contributed by atoms with E-state index in [4.69, 9.17) is 0 Å².